The van der Waals surface area contributed by atoms with Crippen LogP contribution in [0.2, 0.25) is 0 Å². The van der Waals surface area contributed by atoms with Gasteiger partial charge in [-0.25, -0.2) is 15.0 Å². The van der Waals surface area contributed by atoms with Crippen LogP contribution in [-0.2, 0) is 12.8 Å². The molecule has 0 spiro atoms. The van der Waals surface area contributed by atoms with Crippen LogP contribution in [0, 0.1) is 2.88 Å². The molecule has 2 heterocycles. The molecule has 4 nitrogen and oxygen atoms in total. The molecule has 0 fully saturated rings. The molecule has 2 aromatic heterocycles. The van der Waals surface area contributed by atoms with E-state index in [4.69, 9.17) is 4.98 Å². The molecule has 0 unspecified atom stereocenters. The van der Waals surface area contributed by atoms with Crippen molar-refractivity contribution in [1.82, 2.24) is 15.0 Å². The normalized spacial score (nSPS) is 14.3. The predicted molar refractivity (Wildman–Crippen MR) is 82.0 cm³/mol. The van der Waals surface area contributed by atoms with Crippen molar-refractivity contribution in [3.63, 3.8) is 0 Å². The molecule has 3 rings (SSSR count). The first-order chi connectivity index (χ1) is 8.78. The fourth-order valence-corrected chi connectivity index (χ4v) is 3.60. The molecule has 0 bridgehead atoms. The Morgan fingerprint density at radius 3 is 2.83 bits per heavy atom. The lowest BCUT2D eigenvalue weighted by molar-refractivity contribution is 0.665. The van der Waals surface area contributed by atoms with Gasteiger partial charge in [-0.1, -0.05) is 0 Å². The average Bonchev–Trinajstić information content (AvgIpc) is 2.84. The molecule has 0 saturated carbocycles. The first-order valence-electron chi connectivity index (χ1n) is 5.97. The van der Waals surface area contributed by atoms with Gasteiger partial charge in [0, 0.05) is 18.3 Å². The summed E-state index contributed by atoms with van der Waals surface area (Å²) in [5.41, 5.74) is 2.49. The van der Waals surface area contributed by atoms with Crippen LogP contribution in [0.25, 0.3) is 10.8 Å². The number of fused-ring (bicyclic) bond motifs is 1. The minimum atomic E-state index is 0.757. The Labute approximate surface area is 123 Å². The molecule has 1 aliphatic rings. The van der Waals surface area contributed by atoms with Crippen LogP contribution in [0.4, 0.5) is 5.82 Å². The fraction of sp³-hybridized carbons (Fsp3) is 0.417. The quantitative estimate of drug-likeness (QED) is 0.824. The van der Waals surface area contributed by atoms with E-state index in [1.807, 2.05) is 13.2 Å². The fourth-order valence-electron chi connectivity index (χ4n) is 2.25. The number of rotatable bonds is 2. The Morgan fingerprint density at radius 2 is 2.11 bits per heavy atom. The first-order valence-corrected chi connectivity index (χ1v) is 7.86. The lowest BCUT2D eigenvalue weighted by atomic mass is 9.96. The zero-order chi connectivity index (χ0) is 12.5. The zero-order valence-corrected chi connectivity index (χ0v) is 13.0. The second-order valence-corrected chi connectivity index (χ2v) is 7.17. The van der Waals surface area contributed by atoms with Crippen LogP contribution in [0.3, 0.4) is 0 Å². The third-order valence-corrected chi connectivity index (χ3v) is 4.81. The van der Waals surface area contributed by atoms with E-state index in [-0.39, 0.29) is 0 Å². The van der Waals surface area contributed by atoms with E-state index >= 15 is 0 Å². The maximum Gasteiger partial charge on any atom is 0.190 e. The van der Waals surface area contributed by atoms with Crippen LogP contribution in [-0.4, -0.2) is 22.0 Å². The number of thiazole rings is 1. The van der Waals surface area contributed by atoms with Gasteiger partial charge < -0.3 is 5.32 Å². The maximum absolute atomic E-state index is 4.70. The van der Waals surface area contributed by atoms with Crippen LogP contribution in [0.15, 0.2) is 6.20 Å². The van der Waals surface area contributed by atoms with Crippen molar-refractivity contribution in [2.75, 3.05) is 12.4 Å². The van der Waals surface area contributed by atoms with Crippen LogP contribution >= 0.6 is 33.9 Å². The predicted octanol–water partition coefficient (Wildman–Crippen LogP) is 3.13. The van der Waals surface area contributed by atoms with Crippen molar-refractivity contribution in [1.29, 1.82) is 0 Å². The summed E-state index contributed by atoms with van der Waals surface area (Å²) < 4.78 is 1.16. The van der Waals surface area contributed by atoms with E-state index in [0.29, 0.717) is 0 Å². The van der Waals surface area contributed by atoms with E-state index in [1.54, 1.807) is 11.3 Å². The highest BCUT2D eigenvalue weighted by atomic mass is 127. The Balaban J connectivity index is 2.11. The monoisotopic (exact) mass is 372 g/mol. The Bertz CT molecular complexity index is 564. The van der Waals surface area contributed by atoms with E-state index in [0.717, 1.165) is 32.4 Å². The summed E-state index contributed by atoms with van der Waals surface area (Å²) in [6.45, 7) is 0. The van der Waals surface area contributed by atoms with Crippen LogP contribution in [0.5, 0.6) is 0 Å². The molecular formula is C12H13IN4S. The summed E-state index contributed by atoms with van der Waals surface area (Å²) in [7, 11) is 1.92. The smallest absolute Gasteiger partial charge is 0.190 e. The lowest BCUT2D eigenvalue weighted by Crippen LogP contribution is -2.11. The van der Waals surface area contributed by atoms with Gasteiger partial charge in [-0.05, 0) is 48.3 Å². The maximum atomic E-state index is 4.70. The summed E-state index contributed by atoms with van der Waals surface area (Å²) in [6.07, 6.45) is 6.47. The molecule has 18 heavy (non-hydrogen) atoms. The minimum Gasteiger partial charge on any atom is -0.373 e. The second kappa shape index (κ2) is 5.08. The molecule has 1 aliphatic carbocycles. The molecule has 94 valence electrons. The van der Waals surface area contributed by atoms with Gasteiger partial charge in [0.25, 0.3) is 0 Å². The number of halogens is 1. The molecule has 0 atom stereocenters. The largest absolute Gasteiger partial charge is 0.373 e. The highest BCUT2D eigenvalue weighted by Crippen LogP contribution is 2.30. The Kier molecular flexibility index (Phi) is 3.47. The van der Waals surface area contributed by atoms with Crippen molar-refractivity contribution >= 4 is 39.7 Å². The van der Waals surface area contributed by atoms with E-state index in [9.17, 15) is 0 Å². The third kappa shape index (κ3) is 2.23. The summed E-state index contributed by atoms with van der Waals surface area (Å²) in [5, 5.41) is 4.10. The molecular weight excluding hydrogens is 359 g/mol. The summed E-state index contributed by atoms with van der Waals surface area (Å²) >= 11 is 3.91. The third-order valence-electron chi connectivity index (χ3n) is 3.09. The number of aromatic nitrogens is 3. The van der Waals surface area contributed by atoms with Gasteiger partial charge in [0.05, 0.1) is 9.08 Å². The molecule has 0 amide bonds. The number of hydrogen-bond donors (Lipinski definition) is 1. The van der Waals surface area contributed by atoms with Crippen molar-refractivity contribution < 1.29 is 0 Å². The van der Waals surface area contributed by atoms with Gasteiger partial charge in [-0.3, -0.25) is 0 Å². The molecule has 0 aromatic carbocycles. The van der Waals surface area contributed by atoms with Crippen molar-refractivity contribution in [3.05, 3.63) is 20.3 Å². The highest BCUT2D eigenvalue weighted by molar-refractivity contribution is 14.1. The van der Waals surface area contributed by atoms with Crippen LogP contribution < -0.4 is 5.32 Å². The number of nitrogens with zero attached hydrogens (tertiary/aromatic N) is 3. The average molecular weight is 372 g/mol. The number of aryl methyl sites for hydroxylation is 1. The topological polar surface area (TPSA) is 50.7 Å². The van der Waals surface area contributed by atoms with Crippen molar-refractivity contribution in [2.24, 2.45) is 0 Å². The van der Waals surface area contributed by atoms with Crippen molar-refractivity contribution in [3.8, 4) is 10.8 Å². The van der Waals surface area contributed by atoms with Crippen LogP contribution in [0.1, 0.15) is 24.1 Å². The number of hydrogen-bond acceptors (Lipinski definition) is 5. The van der Waals surface area contributed by atoms with Gasteiger partial charge in [-0.2, -0.15) is 0 Å². The molecule has 2 aromatic rings. The molecule has 0 aliphatic heterocycles. The molecule has 6 heteroatoms. The molecule has 0 saturated heterocycles. The van der Waals surface area contributed by atoms with Gasteiger partial charge in [-0.15, -0.1) is 11.3 Å². The Morgan fingerprint density at radius 1 is 1.28 bits per heavy atom. The second-order valence-electron chi connectivity index (χ2n) is 4.25. The molecule has 0 radical (unpaired) electrons. The van der Waals surface area contributed by atoms with E-state index in [2.05, 4.69) is 37.9 Å². The summed E-state index contributed by atoms with van der Waals surface area (Å²) in [4.78, 5) is 13.7. The van der Waals surface area contributed by atoms with Gasteiger partial charge in [0.15, 0.2) is 10.8 Å². The van der Waals surface area contributed by atoms with Gasteiger partial charge in [0.2, 0.25) is 0 Å². The summed E-state index contributed by atoms with van der Waals surface area (Å²) in [6, 6.07) is 0. The SMILES string of the molecule is CNc1nc(-c2ncc(I)s2)nc2c1CCCC2. The molecule has 1 N–H and O–H groups in total. The van der Waals surface area contributed by atoms with Gasteiger partial charge in [0.1, 0.15) is 5.82 Å². The van der Waals surface area contributed by atoms with Crippen molar-refractivity contribution in [2.45, 2.75) is 25.7 Å². The minimum absolute atomic E-state index is 0.757. The van der Waals surface area contributed by atoms with E-state index < -0.39 is 0 Å². The lowest BCUT2D eigenvalue weighted by Gasteiger charge is -2.18. The van der Waals surface area contributed by atoms with E-state index in [1.165, 1.54) is 24.1 Å². The number of anilines is 1. The zero-order valence-electron chi connectivity index (χ0n) is 10.0. The first kappa shape index (κ1) is 12.3. The van der Waals surface area contributed by atoms with Gasteiger partial charge >= 0.3 is 0 Å². The number of nitrogens with one attached hydrogen (secondary N) is 1. The standard InChI is InChI=1S/C12H13IN4S/c1-14-10-7-4-2-3-5-8(7)16-11(17-10)12-15-6-9(13)18-12/h6H,2-5H2,1H3,(H,14,16,17). The Hall–Kier alpha value is -0.760. The highest BCUT2D eigenvalue weighted by Gasteiger charge is 2.18. The summed E-state index contributed by atoms with van der Waals surface area (Å²) in [5.74, 6) is 1.73.